The van der Waals surface area contributed by atoms with E-state index in [1.165, 1.54) is 6.33 Å². The first kappa shape index (κ1) is 26.1. The molecule has 2 saturated heterocycles. The van der Waals surface area contributed by atoms with E-state index in [1.807, 2.05) is 6.07 Å². The van der Waals surface area contributed by atoms with Crippen LogP contribution >= 0.6 is 0 Å². The van der Waals surface area contributed by atoms with Crippen molar-refractivity contribution in [3.8, 4) is 0 Å². The van der Waals surface area contributed by atoms with Crippen molar-refractivity contribution in [2.24, 2.45) is 4.99 Å². The molecule has 11 heteroatoms. The van der Waals surface area contributed by atoms with Gasteiger partial charge in [0.2, 0.25) is 17.8 Å². The highest BCUT2D eigenvalue weighted by molar-refractivity contribution is 6.10. The lowest BCUT2D eigenvalue weighted by molar-refractivity contribution is -0.140. The molecule has 2 aliphatic heterocycles. The van der Waals surface area contributed by atoms with Crippen molar-refractivity contribution in [1.82, 2.24) is 25.1 Å². The molecule has 1 unspecified atom stereocenters. The molecule has 0 bridgehead atoms. The number of aromatic nitrogens is 2. The van der Waals surface area contributed by atoms with Gasteiger partial charge in [0.25, 0.3) is 11.5 Å². The quantitative estimate of drug-likeness (QED) is 0.342. The van der Waals surface area contributed by atoms with Crippen molar-refractivity contribution >= 4 is 40.3 Å². The van der Waals surface area contributed by atoms with Gasteiger partial charge in [0.05, 0.1) is 23.8 Å². The number of benzene rings is 2. The number of carbonyl (C=O) groups excluding carboxylic acids is 3. The number of nitrogens with one attached hydrogen (secondary N) is 3. The Kier molecular flexibility index (Phi) is 7.95. The van der Waals surface area contributed by atoms with E-state index in [0.29, 0.717) is 35.1 Å². The van der Waals surface area contributed by atoms with Crippen molar-refractivity contribution < 1.29 is 14.4 Å². The van der Waals surface area contributed by atoms with Crippen LogP contribution in [-0.4, -0.2) is 75.7 Å². The molecule has 11 nitrogen and oxygen atoms in total. The van der Waals surface area contributed by atoms with Crippen LogP contribution in [0.5, 0.6) is 0 Å². The Labute approximate surface area is 225 Å². The summed E-state index contributed by atoms with van der Waals surface area (Å²) < 4.78 is 0. The Hall–Kier alpha value is -4.54. The molecule has 2 aromatic carbocycles. The lowest BCUT2D eigenvalue weighted by atomic mass is 10.1. The van der Waals surface area contributed by atoms with Crippen molar-refractivity contribution in [3.63, 3.8) is 0 Å². The Balaban J connectivity index is 1.41. The molecule has 39 heavy (non-hydrogen) atoms. The highest BCUT2D eigenvalue weighted by Crippen LogP contribution is 2.18. The zero-order chi connectivity index (χ0) is 27.2. The summed E-state index contributed by atoms with van der Waals surface area (Å²) in [6.07, 6.45) is 5.32. The summed E-state index contributed by atoms with van der Waals surface area (Å²) in [7, 11) is 0. The molecule has 3 N–H and O–H groups in total. The van der Waals surface area contributed by atoms with Gasteiger partial charge in [0.1, 0.15) is 6.04 Å². The van der Waals surface area contributed by atoms with E-state index in [2.05, 4.69) is 25.6 Å². The van der Waals surface area contributed by atoms with E-state index in [-0.39, 0.29) is 29.9 Å². The van der Waals surface area contributed by atoms with Crippen LogP contribution in [-0.2, 0) is 9.59 Å². The molecule has 0 aliphatic carbocycles. The average Bonchev–Trinajstić information content (AvgIpc) is 3.44. The van der Waals surface area contributed by atoms with E-state index >= 15 is 0 Å². The van der Waals surface area contributed by atoms with Gasteiger partial charge in [0, 0.05) is 30.9 Å². The number of aliphatic imine (C=N–C) groups is 1. The third kappa shape index (κ3) is 6.31. The van der Waals surface area contributed by atoms with E-state index in [9.17, 15) is 19.2 Å². The first-order valence-corrected chi connectivity index (χ1v) is 13.2. The number of rotatable bonds is 5. The second-order valence-corrected chi connectivity index (χ2v) is 9.75. The summed E-state index contributed by atoms with van der Waals surface area (Å²) in [5.74, 6) is -0.609. The predicted molar refractivity (Wildman–Crippen MR) is 147 cm³/mol. The predicted octanol–water partition coefficient (Wildman–Crippen LogP) is 2.12. The molecule has 2 fully saturated rings. The lowest BCUT2D eigenvalue weighted by Crippen LogP contribution is -2.45. The normalized spacial score (nSPS) is 18.2. The van der Waals surface area contributed by atoms with E-state index in [0.717, 1.165) is 38.8 Å². The zero-order valence-corrected chi connectivity index (χ0v) is 21.6. The summed E-state index contributed by atoms with van der Waals surface area (Å²) in [5.41, 5.74) is 1.15. The van der Waals surface area contributed by atoms with Crippen molar-refractivity contribution in [3.05, 3.63) is 70.8 Å². The van der Waals surface area contributed by atoms with Gasteiger partial charge in [-0.15, -0.1) is 0 Å². The number of H-pyrrole nitrogens is 1. The summed E-state index contributed by atoms with van der Waals surface area (Å²) >= 11 is 0. The van der Waals surface area contributed by atoms with Gasteiger partial charge >= 0.3 is 0 Å². The van der Waals surface area contributed by atoms with Crippen LogP contribution in [0.25, 0.3) is 10.9 Å². The number of aromatic amines is 1. The van der Waals surface area contributed by atoms with Gasteiger partial charge < -0.3 is 20.1 Å². The molecule has 202 valence electrons. The molecule has 0 radical (unpaired) electrons. The van der Waals surface area contributed by atoms with Crippen LogP contribution in [0.2, 0.25) is 0 Å². The standard InChI is InChI=1S/C28H31N7O4/c36-24(34-13-6-7-14-34)17-35-15-5-4-10-23(27(35)39)32-28(33-25(37)19-8-2-1-3-9-19)31-20-11-12-22-21(16-20)26(38)30-18-29-22/h1-3,8-9,11-12,16,18,23H,4-7,10,13-15,17H2,(H,29,30,38)(H2,31,32,33,37). The van der Waals surface area contributed by atoms with Crippen LogP contribution in [0.1, 0.15) is 42.5 Å². The van der Waals surface area contributed by atoms with Crippen LogP contribution in [0.3, 0.4) is 0 Å². The molecule has 1 atom stereocenters. The SMILES string of the molecule is O=C(NC(=NC1CCCCN(CC(=O)N2CCCC2)C1=O)Nc1ccc2nc[nH]c(=O)c2c1)c1ccccc1. The Bertz CT molecular complexity index is 1450. The number of hydrogen-bond acceptors (Lipinski definition) is 6. The maximum absolute atomic E-state index is 13.5. The third-order valence-corrected chi connectivity index (χ3v) is 6.99. The Morgan fingerprint density at radius 1 is 1.00 bits per heavy atom. The number of carbonyl (C=O) groups is 3. The van der Waals surface area contributed by atoms with Crippen molar-refractivity contribution in [2.45, 2.75) is 38.1 Å². The van der Waals surface area contributed by atoms with Gasteiger partial charge in [-0.1, -0.05) is 18.2 Å². The highest BCUT2D eigenvalue weighted by Gasteiger charge is 2.30. The van der Waals surface area contributed by atoms with Crippen molar-refractivity contribution in [2.75, 3.05) is 31.5 Å². The number of amides is 3. The van der Waals surface area contributed by atoms with E-state index < -0.39 is 11.9 Å². The molecule has 3 heterocycles. The number of fused-ring (bicyclic) bond motifs is 1. The maximum atomic E-state index is 13.5. The van der Waals surface area contributed by atoms with E-state index in [1.54, 1.807) is 52.3 Å². The van der Waals surface area contributed by atoms with Gasteiger partial charge in [0.15, 0.2) is 0 Å². The van der Waals surface area contributed by atoms with Gasteiger partial charge in [-0.3, -0.25) is 24.5 Å². The smallest absolute Gasteiger partial charge is 0.258 e. The van der Waals surface area contributed by atoms with Gasteiger partial charge in [-0.05, 0) is 62.4 Å². The zero-order valence-electron chi connectivity index (χ0n) is 21.6. The largest absolute Gasteiger partial charge is 0.341 e. The summed E-state index contributed by atoms with van der Waals surface area (Å²) in [4.78, 5) is 66.3. The minimum Gasteiger partial charge on any atom is -0.341 e. The second-order valence-electron chi connectivity index (χ2n) is 9.75. The summed E-state index contributed by atoms with van der Waals surface area (Å²) in [6, 6.07) is 12.9. The second kappa shape index (κ2) is 11.9. The monoisotopic (exact) mass is 529 g/mol. The fraction of sp³-hybridized carbons (Fsp3) is 0.357. The first-order chi connectivity index (χ1) is 19.0. The molecule has 0 saturated carbocycles. The molecular formula is C28H31N7O4. The fourth-order valence-corrected chi connectivity index (χ4v) is 4.90. The van der Waals surface area contributed by atoms with Crippen LogP contribution in [0.15, 0.2) is 64.6 Å². The number of anilines is 1. The summed E-state index contributed by atoms with van der Waals surface area (Å²) in [5, 5.41) is 6.23. The van der Waals surface area contributed by atoms with E-state index in [4.69, 9.17) is 0 Å². The van der Waals surface area contributed by atoms with Crippen LogP contribution in [0.4, 0.5) is 5.69 Å². The molecule has 5 rings (SSSR count). The molecule has 1 aromatic heterocycles. The minimum absolute atomic E-state index is 0.0322. The number of nitrogens with zero attached hydrogens (tertiary/aromatic N) is 4. The number of likely N-dealkylation sites (tertiary alicyclic amines) is 2. The van der Waals surface area contributed by atoms with Crippen LogP contribution in [0, 0.1) is 0 Å². The third-order valence-electron chi connectivity index (χ3n) is 6.99. The Morgan fingerprint density at radius 3 is 2.56 bits per heavy atom. The number of guanidine groups is 1. The topological polar surface area (TPSA) is 140 Å². The van der Waals surface area contributed by atoms with Gasteiger partial charge in [-0.25, -0.2) is 9.98 Å². The van der Waals surface area contributed by atoms with Crippen molar-refractivity contribution in [1.29, 1.82) is 0 Å². The molecular weight excluding hydrogens is 498 g/mol. The van der Waals surface area contributed by atoms with Gasteiger partial charge in [-0.2, -0.15) is 0 Å². The lowest BCUT2D eigenvalue weighted by Gasteiger charge is -2.25. The maximum Gasteiger partial charge on any atom is 0.258 e. The highest BCUT2D eigenvalue weighted by atomic mass is 16.2. The van der Waals surface area contributed by atoms with Crippen LogP contribution < -0.4 is 16.2 Å². The number of hydrogen-bond donors (Lipinski definition) is 3. The minimum atomic E-state index is -0.775. The molecule has 3 aromatic rings. The average molecular weight is 530 g/mol. The Morgan fingerprint density at radius 2 is 1.77 bits per heavy atom. The molecule has 0 spiro atoms. The first-order valence-electron chi connectivity index (χ1n) is 13.2. The summed E-state index contributed by atoms with van der Waals surface area (Å²) in [6.45, 7) is 1.98. The fourth-order valence-electron chi connectivity index (χ4n) is 4.90. The molecule has 2 aliphatic rings. The molecule has 3 amide bonds.